The van der Waals surface area contributed by atoms with Gasteiger partial charge < -0.3 is 21.4 Å². The summed E-state index contributed by atoms with van der Waals surface area (Å²) in [7, 11) is 3.42. The number of fused-ring (bicyclic) bond motifs is 1. The van der Waals surface area contributed by atoms with Crippen LogP contribution in [0.15, 0.2) is 17.3 Å². The van der Waals surface area contributed by atoms with Gasteiger partial charge in [-0.1, -0.05) is 6.92 Å². The van der Waals surface area contributed by atoms with Crippen LogP contribution in [0.25, 0.3) is 5.65 Å². The molecule has 3 rings (SSSR count). The van der Waals surface area contributed by atoms with Gasteiger partial charge in [0.2, 0.25) is 5.91 Å². The number of piperidine rings is 1. The molecule has 8 nitrogen and oxygen atoms in total. The SMILES string of the molecule is CN=CC(C)c1cnn2c(N)cc([C@H]3CC[C@@H](C(=O)NC)NC3)nc12. The third-order valence-electron chi connectivity index (χ3n) is 4.81. The van der Waals surface area contributed by atoms with E-state index in [2.05, 4.69) is 27.6 Å². The molecule has 134 valence electrons. The number of rotatable bonds is 4. The number of carbonyl (C=O) groups excluding carboxylic acids is 1. The summed E-state index contributed by atoms with van der Waals surface area (Å²) in [6.07, 6.45) is 5.35. The van der Waals surface area contributed by atoms with Gasteiger partial charge in [0.05, 0.1) is 17.9 Å². The number of hydrogen-bond donors (Lipinski definition) is 3. The molecule has 8 heteroatoms. The molecule has 1 aliphatic heterocycles. The van der Waals surface area contributed by atoms with Crippen LogP contribution < -0.4 is 16.4 Å². The van der Waals surface area contributed by atoms with Crippen molar-refractivity contribution in [3.63, 3.8) is 0 Å². The topological polar surface area (TPSA) is 110 Å². The highest BCUT2D eigenvalue weighted by Gasteiger charge is 2.27. The second kappa shape index (κ2) is 7.18. The van der Waals surface area contributed by atoms with E-state index in [-0.39, 0.29) is 23.8 Å². The molecular formula is C17H25N7O. The number of nitrogens with two attached hydrogens (primary N) is 1. The Morgan fingerprint density at radius 2 is 2.36 bits per heavy atom. The van der Waals surface area contributed by atoms with Crippen molar-refractivity contribution in [3.8, 4) is 0 Å². The predicted octanol–water partition coefficient (Wildman–Crippen LogP) is 0.697. The first-order valence-electron chi connectivity index (χ1n) is 8.56. The molecule has 0 bridgehead atoms. The van der Waals surface area contributed by atoms with E-state index in [1.807, 2.05) is 12.3 Å². The maximum absolute atomic E-state index is 11.8. The van der Waals surface area contributed by atoms with E-state index >= 15 is 0 Å². The van der Waals surface area contributed by atoms with Crippen molar-refractivity contribution in [2.45, 2.75) is 37.6 Å². The van der Waals surface area contributed by atoms with E-state index in [1.54, 1.807) is 24.8 Å². The second-order valence-electron chi connectivity index (χ2n) is 6.49. The average molecular weight is 343 g/mol. The van der Waals surface area contributed by atoms with Crippen molar-refractivity contribution in [3.05, 3.63) is 23.5 Å². The highest BCUT2D eigenvalue weighted by atomic mass is 16.2. The fourth-order valence-electron chi connectivity index (χ4n) is 3.36. The molecule has 1 fully saturated rings. The van der Waals surface area contributed by atoms with Gasteiger partial charge in [0, 0.05) is 50.3 Å². The van der Waals surface area contributed by atoms with Crippen molar-refractivity contribution in [2.75, 3.05) is 26.4 Å². The zero-order valence-electron chi connectivity index (χ0n) is 14.9. The summed E-state index contributed by atoms with van der Waals surface area (Å²) >= 11 is 0. The molecule has 0 aliphatic carbocycles. The van der Waals surface area contributed by atoms with Crippen LogP contribution in [0.2, 0.25) is 0 Å². The Labute approximate surface area is 146 Å². The van der Waals surface area contributed by atoms with Crippen LogP contribution in [-0.2, 0) is 4.79 Å². The van der Waals surface area contributed by atoms with Gasteiger partial charge in [0.15, 0.2) is 5.65 Å². The van der Waals surface area contributed by atoms with Crippen LogP contribution in [0.5, 0.6) is 0 Å². The van der Waals surface area contributed by atoms with Crippen molar-refractivity contribution >= 4 is 23.6 Å². The lowest BCUT2D eigenvalue weighted by Gasteiger charge is -2.28. The molecule has 1 saturated heterocycles. The number of nitrogen functional groups attached to an aromatic ring is 1. The third-order valence-corrected chi connectivity index (χ3v) is 4.81. The fourth-order valence-corrected chi connectivity index (χ4v) is 3.36. The van der Waals surface area contributed by atoms with E-state index in [0.717, 1.165) is 29.7 Å². The summed E-state index contributed by atoms with van der Waals surface area (Å²) in [5.74, 6) is 0.949. The number of likely N-dealkylation sites (N-methyl/N-ethyl adjacent to an activating group) is 1. The molecule has 0 aromatic carbocycles. The van der Waals surface area contributed by atoms with Crippen LogP contribution in [-0.4, -0.2) is 53.4 Å². The number of aromatic nitrogens is 3. The summed E-state index contributed by atoms with van der Waals surface area (Å²) in [6, 6.07) is 1.75. The molecule has 0 saturated carbocycles. The average Bonchev–Trinajstić information content (AvgIpc) is 3.06. The smallest absolute Gasteiger partial charge is 0.236 e. The largest absolute Gasteiger partial charge is 0.384 e. The Hall–Kier alpha value is -2.48. The zero-order valence-corrected chi connectivity index (χ0v) is 14.9. The van der Waals surface area contributed by atoms with Crippen molar-refractivity contribution < 1.29 is 4.79 Å². The maximum atomic E-state index is 11.8. The molecule has 2 aromatic heterocycles. The number of nitrogens with zero attached hydrogens (tertiary/aromatic N) is 4. The van der Waals surface area contributed by atoms with Crippen LogP contribution in [0.4, 0.5) is 5.82 Å². The lowest BCUT2D eigenvalue weighted by Crippen LogP contribution is -2.47. The molecule has 1 amide bonds. The predicted molar refractivity (Wildman–Crippen MR) is 98.1 cm³/mol. The van der Waals surface area contributed by atoms with E-state index in [9.17, 15) is 4.79 Å². The molecular weight excluding hydrogens is 318 g/mol. The van der Waals surface area contributed by atoms with Gasteiger partial charge in [-0.15, -0.1) is 0 Å². The van der Waals surface area contributed by atoms with Gasteiger partial charge in [-0.2, -0.15) is 9.61 Å². The molecule has 0 spiro atoms. The fraction of sp³-hybridized carbons (Fsp3) is 0.529. The van der Waals surface area contributed by atoms with Gasteiger partial charge in [-0.25, -0.2) is 4.98 Å². The van der Waals surface area contributed by atoms with Crippen LogP contribution in [0, 0.1) is 0 Å². The summed E-state index contributed by atoms with van der Waals surface area (Å²) in [5, 5.41) is 10.3. The maximum Gasteiger partial charge on any atom is 0.236 e. The summed E-state index contributed by atoms with van der Waals surface area (Å²) in [4.78, 5) is 20.7. The Morgan fingerprint density at radius 1 is 1.56 bits per heavy atom. The first kappa shape index (κ1) is 17.3. The Bertz CT molecular complexity index is 790. The minimum atomic E-state index is -0.131. The van der Waals surface area contributed by atoms with Crippen LogP contribution in [0.1, 0.15) is 42.9 Å². The van der Waals surface area contributed by atoms with Crippen LogP contribution >= 0.6 is 0 Å². The number of nitrogens with one attached hydrogen (secondary N) is 2. The minimum absolute atomic E-state index is 0.0344. The molecule has 2 aromatic rings. The lowest BCUT2D eigenvalue weighted by atomic mass is 9.91. The minimum Gasteiger partial charge on any atom is -0.384 e. The van der Waals surface area contributed by atoms with Gasteiger partial charge in [-0.3, -0.25) is 4.79 Å². The number of amides is 1. The summed E-state index contributed by atoms with van der Waals surface area (Å²) < 4.78 is 1.67. The first-order valence-corrected chi connectivity index (χ1v) is 8.56. The molecule has 1 unspecified atom stereocenters. The van der Waals surface area contributed by atoms with E-state index < -0.39 is 0 Å². The van der Waals surface area contributed by atoms with Gasteiger partial charge in [0.1, 0.15) is 5.82 Å². The third kappa shape index (κ3) is 3.34. The zero-order chi connectivity index (χ0) is 18.0. The number of anilines is 1. The molecule has 1 aliphatic rings. The first-order chi connectivity index (χ1) is 12.0. The lowest BCUT2D eigenvalue weighted by molar-refractivity contribution is -0.123. The monoisotopic (exact) mass is 343 g/mol. The van der Waals surface area contributed by atoms with E-state index in [0.29, 0.717) is 12.4 Å². The van der Waals surface area contributed by atoms with Gasteiger partial charge in [-0.05, 0) is 12.8 Å². The molecule has 3 heterocycles. The summed E-state index contributed by atoms with van der Waals surface area (Å²) in [5.41, 5.74) is 8.91. The highest BCUT2D eigenvalue weighted by Crippen LogP contribution is 2.28. The Balaban J connectivity index is 1.88. The molecule has 25 heavy (non-hydrogen) atoms. The van der Waals surface area contributed by atoms with Crippen molar-refractivity contribution in [1.82, 2.24) is 25.2 Å². The number of hydrogen-bond acceptors (Lipinski definition) is 6. The standard InChI is InChI=1S/C17H25N7O/c1-10(7-19-2)12-9-22-24-15(18)6-14(23-16(12)24)11-4-5-13(21-8-11)17(25)20-3/h6-7,9-11,13,21H,4-5,8,18H2,1-3H3,(H,20,25)/t10?,11-,13-/m0/s1. The number of carbonyl (C=O) groups is 1. The highest BCUT2D eigenvalue weighted by molar-refractivity contribution is 5.81. The van der Waals surface area contributed by atoms with E-state index in [4.69, 9.17) is 10.7 Å². The van der Waals surface area contributed by atoms with Crippen molar-refractivity contribution in [1.29, 1.82) is 0 Å². The van der Waals surface area contributed by atoms with Crippen molar-refractivity contribution in [2.24, 2.45) is 4.99 Å². The van der Waals surface area contributed by atoms with Gasteiger partial charge >= 0.3 is 0 Å². The van der Waals surface area contributed by atoms with Gasteiger partial charge in [0.25, 0.3) is 0 Å². The summed E-state index contributed by atoms with van der Waals surface area (Å²) in [6.45, 7) is 2.76. The second-order valence-corrected chi connectivity index (χ2v) is 6.49. The Morgan fingerprint density at radius 3 is 3.00 bits per heavy atom. The molecule has 3 atom stereocenters. The molecule has 0 radical (unpaired) electrons. The van der Waals surface area contributed by atoms with E-state index in [1.165, 1.54) is 0 Å². The molecule has 4 N–H and O–H groups in total. The quantitative estimate of drug-likeness (QED) is 0.708. The normalized spacial score (nSPS) is 22.4. The Kier molecular flexibility index (Phi) is 4.98. The van der Waals surface area contributed by atoms with Crippen LogP contribution in [0.3, 0.4) is 0 Å². The number of aliphatic imine (C=N–C) groups is 1.